The number of aliphatic imine (C=N–C) groups is 1. The summed E-state index contributed by atoms with van der Waals surface area (Å²) >= 11 is 1.19. The maximum Gasteiger partial charge on any atom is 0.331 e. The predicted octanol–water partition coefficient (Wildman–Crippen LogP) is 4.66. The second-order valence-corrected chi connectivity index (χ2v) is 10.3. The van der Waals surface area contributed by atoms with Crippen molar-refractivity contribution < 1.29 is 18.7 Å². The Balaban J connectivity index is 1.46. The van der Waals surface area contributed by atoms with Crippen molar-refractivity contribution in [2.45, 2.75) is 38.5 Å². The van der Waals surface area contributed by atoms with E-state index in [2.05, 4.69) is 4.99 Å². The van der Waals surface area contributed by atoms with Crippen LogP contribution in [0.3, 0.4) is 0 Å². The summed E-state index contributed by atoms with van der Waals surface area (Å²) in [5, 5.41) is 0.553. The third-order valence-corrected chi connectivity index (χ3v) is 8.05. The van der Waals surface area contributed by atoms with Crippen molar-refractivity contribution in [3.8, 4) is 0 Å². The average molecular weight is 429 g/mol. The second-order valence-electron chi connectivity index (χ2n) is 9.31. The minimum absolute atomic E-state index is 0.148. The molecule has 1 aromatic carbocycles. The number of amidine groups is 1. The minimum atomic E-state index is -0.552. The lowest BCUT2D eigenvalue weighted by Gasteiger charge is -2.57. The Morgan fingerprint density at radius 1 is 1.20 bits per heavy atom. The molecule has 30 heavy (non-hydrogen) atoms. The number of halogens is 1. The van der Waals surface area contributed by atoms with Crippen molar-refractivity contribution in [3.05, 3.63) is 41.1 Å². The molecule has 5 aliphatic rings. The fourth-order valence-electron chi connectivity index (χ4n) is 6.34. The van der Waals surface area contributed by atoms with E-state index in [9.17, 15) is 14.0 Å². The fourth-order valence-corrected chi connectivity index (χ4v) is 7.30. The zero-order chi connectivity index (χ0) is 20.9. The van der Waals surface area contributed by atoms with Gasteiger partial charge in [-0.3, -0.25) is 9.69 Å². The van der Waals surface area contributed by atoms with Gasteiger partial charge in [-0.25, -0.2) is 14.2 Å². The molecule has 5 fully saturated rings. The highest BCUT2D eigenvalue weighted by Gasteiger charge is 2.53. The maximum absolute atomic E-state index is 13.3. The highest BCUT2D eigenvalue weighted by atomic mass is 32.2. The standard InChI is InChI=1S/C23H25FN2O3S/c1-29-20(27)9-19-21(28)26(22(30-19)25-18-4-2-17(24)3-5-18)13-23-10-14-6-15(11-23)8-16(7-14)12-23/h2-5,9,14-16H,6-8,10-13H2,1H3. The van der Waals surface area contributed by atoms with E-state index >= 15 is 0 Å². The predicted molar refractivity (Wildman–Crippen MR) is 114 cm³/mol. The first-order valence-electron chi connectivity index (χ1n) is 10.6. The Hall–Kier alpha value is -2.15. The number of ether oxygens (including phenoxy) is 1. The number of carbonyl (C=O) groups is 2. The summed E-state index contributed by atoms with van der Waals surface area (Å²) in [6.07, 6.45) is 8.78. The van der Waals surface area contributed by atoms with Crippen LogP contribution in [0.5, 0.6) is 0 Å². The topological polar surface area (TPSA) is 59.0 Å². The summed E-state index contributed by atoms with van der Waals surface area (Å²) < 4.78 is 18.0. The monoisotopic (exact) mass is 428 g/mol. The molecular weight excluding hydrogens is 403 g/mol. The zero-order valence-electron chi connectivity index (χ0n) is 17.0. The molecule has 1 saturated heterocycles. The van der Waals surface area contributed by atoms with Crippen LogP contribution in [-0.2, 0) is 14.3 Å². The minimum Gasteiger partial charge on any atom is -0.466 e. The van der Waals surface area contributed by atoms with Gasteiger partial charge in [0, 0.05) is 12.6 Å². The lowest BCUT2D eigenvalue weighted by molar-refractivity contribution is -0.135. The summed E-state index contributed by atoms with van der Waals surface area (Å²) in [5.74, 6) is 1.27. The zero-order valence-corrected chi connectivity index (χ0v) is 17.8. The van der Waals surface area contributed by atoms with Crippen LogP contribution in [0.4, 0.5) is 10.1 Å². The number of benzene rings is 1. The normalized spacial score (nSPS) is 34.9. The number of nitrogens with zero attached hydrogens (tertiary/aromatic N) is 2. The van der Waals surface area contributed by atoms with Crippen LogP contribution >= 0.6 is 11.8 Å². The van der Waals surface area contributed by atoms with Gasteiger partial charge in [-0.2, -0.15) is 0 Å². The van der Waals surface area contributed by atoms with Gasteiger partial charge in [0.2, 0.25) is 0 Å². The highest BCUT2D eigenvalue weighted by molar-refractivity contribution is 8.18. The number of esters is 1. The largest absolute Gasteiger partial charge is 0.466 e. The van der Waals surface area contributed by atoms with E-state index in [0.29, 0.717) is 22.3 Å². The average Bonchev–Trinajstić information content (AvgIpc) is 2.97. The molecule has 158 valence electrons. The Labute approximate surface area is 179 Å². The van der Waals surface area contributed by atoms with Crippen LogP contribution in [0.1, 0.15) is 38.5 Å². The molecule has 0 radical (unpaired) electrons. The van der Waals surface area contributed by atoms with Crippen LogP contribution in [-0.4, -0.2) is 35.6 Å². The van der Waals surface area contributed by atoms with Gasteiger partial charge in [-0.1, -0.05) is 0 Å². The van der Waals surface area contributed by atoms with E-state index in [1.54, 1.807) is 17.0 Å². The number of thioether (sulfide) groups is 1. The summed E-state index contributed by atoms with van der Waals surface area (Å²) in [7, 11) is 1.30. The molecule has 4 bridgehead atoms. The van der Waals surface area contributed by atoms with Gasteiger partial charge < -0.3 is 4.74 Å². The van der Waals surface area contributed by atoms with Crippen LogP contribution in [0, 0.1) is 29.0 Å². The summed E-state index contributed by atoms with van der Waals surface area (Å²) in [5.41, 5.74) is 0.733. The van der Waals surface area contributed by atoms with Gasteiger partial charge in [0.15, 0.2) is 5.17 Å². The van der Waals surface area contributed by atoms with Gasteiger partial charge in [0.05, 0.1) is 17.7 Å². The first kappa shape index (κ1) is 19.8. The molecule has 0 atom stereocenters. The van der Waals surface area contributed by atoms with Gasteiger partial charge in [0.1, 0.15) is 5.82 Å². The molecule has 4 saturated carbocycles. The first-order valence-corrected chi connectivity index (χ1v) is 11.4. The SMILES string of the molecule is COC(=O)C=C1SC(=Nc2ccc(F)cc2)N(CC23CC4CC(CC(C4)C2)C3)C1=O. The fraction of sp³-hybridized carbons (Fsp3) is 0.522. The molecule has 1 heterocycles. The van der Waals surface area contributed by atoms with Gasteiger partial charge >= 0.3 is 5.97 Å². The molecule has 7 heteroatoms. The second kappa shape index (κ2) is 7.52. The number of rotatable bonds is 4. The Bertz CT molecular complexity index is 905. The Kier molecular flexibility index (Phi) is 4.96. The van der Waals surface area contributed by atoms with E-state index in [-0.39, 0.29) is 17.1 Å². The summed E-state index contributed by atoms with van der Waals surface area (Å²) in [4.78, 5) is 31.7. The molecule has 4 aliphatic carbocycles. The van der Waals surface area contributed by atoms with Gasteiger partial charge in [0.25, 0.3) is 5.91 Å². The lowest BCUT2D eigenvalue weighted by Crippen LogP contribution is -2.52. The smallest absolute Gasteiger partial charge is 0.331 e. The van der Waals surface area contributed by atoms with Crippen molar-refractivity contribution >= 4 is 34.5 Å². The molecule has 0 spiro atoms. The third kappa shape index (κ3) is 3.68. The third-order valence-electron chi connectivity index (χ3n) is 7.05. The molecule has 1 amide bonds. The van der Waals surface area contributed by atoms with Crippen molar-refractivity contribution in [3.63, 3.8) is 0 Å². The Morgan fingerprint density at radius 2 is 1.80 bits per heavy atom. The molecule has 5 nitrogen and oxygen atoms in total. The number of methoxy groups -OCH3 is 1. The van der Waals surface area contributed by atoms with Crippen molar-refractivity contribution in [1.82, 2.24) is 4.90 Å². The van der Waals surface area contributed by atoms with Crippen LogP contribution < -0.4 is 0 Å². The molecule has 1 aliphatic heterocycles. The molecule has 0 unspecified atom stereocenters. The van der Waals surface area contributed by atoms with E-state index < -0.39 is 5.97 Å². The van der Waals surface area contributed by atoms with E-state index in [0.717, 1.165) is 17.8 Å². The van der Waals surface area contributed by atoms with Crippen molar-refractivity contribution in [2.24, 2.45) is 28.2 Å². The van der Waals surface area contributed by atoms with Crippen LogP contribution in [0.25, 0.3) is 0 Å². The molecule has 0 aromatic heterocycles. The van der Waals surface area contributed by atoms with E-state index in [4.69, 9.17) is 4.74 Å². The molecular formula is C23H25FN2O3S. The summed E-state index contributed by atoms with van der Waals surface area (Å²) in [6, 6.07) is 5.90. The molecule has 6 rings (SSSR count). The van der Waals surface area contributed by atoms with Crippen LogP contribution in [0.2, 0.25) is 0 Å². The Morgan fingerprint density at radius 3 is 2.37 bits per heavy atom. The highest BCUT2D eigenvalue weighted by Crippen LogP contribution is 2.60. The van der Waals surface area contributed by atoms with Crippen molar-refractivity contribution in [1.29, 1.82) is 0 Å². The van der Waals surface area contributed by atoms with Gasteiger partial charge in [-0.15, -0.1) is 0 Å². The number of hydrogen-bond acceptors (Lipinski definition) is 5. The van der Waals surface area contributed by atoms with E-state index in [1.807, 2.05) is 0 Å². The number of amides is 1. The van der Waals surface area contributed by atoms with E-state index in [1.165, 1.54) is 75.6 Å². The number of carbonyl (C=O) groups excluding carboxylic acids is 2. The molecule has 1 aromatic rings. The number of hydrogen-bond donors (Lipinski definition) is 0. The summed E-state index contributed by atoms with van der Waals surface area (Å²) in [6.45, 7) is 0.640. The van der Waals surface area contributed by atoms with Crippen LogP contribution in [0.15, 0.2) is 40.2 Å². The van der Waals surface area contributed by atoms with Crippen molar-refractivity contribution in [2.75, 3.05) is 13.7 Å². The lowest BCUT2D eigenvalue weighted by atomic mass is 9.49. The first-order chi connectivity index (χ1) is 14.4. The maximum atomic E-state index is 13.3. The molecule has 0 N–H and O–H groups in total. The van der Waals surface area contributed by atoms with Gasteiger partial charge in [-0.05, 0) is 97.7 Å². The quantitative estimate of drug-likeness (QED) is 0.517.